The first-order chi connectivity index (χ1) is 5.41. The van der Waals surface area contributed by atoms with Crippen LogP contribution in [0.1, 0.15) is 6.42 Å². The minimum atomic E-state index is -3.20. The van der Waals surface area contributed by atoms with Crippen LogP contribution in [0.4, 0.5) is 0 Å². The van der Waals surface area contributed by atoms with Crippen molar-refractivity contribution in [3.05, 3.63) is 0 Å². The van der Waals surface area contributed by atoms with Gasteiger partial charge in [0.15, 0.2) is 9.84 Å². The minimum Gasteiger partial charge on any atom is -0.481 e. The van der Waals surface area contributed by atoms with E-state index in [-0.39, 0.29) is 17.9 Å². The Morgan fingerprint density at radius 1 is 1.42 bits per heavy atom. The van der Waals surface area contributed by atoms with Crippen LogP contribution >= 0.6 is 0 Å². The fourth-order valence-electron chi connectivity index (χ4n) is 1.32. The molecule has 1 aliphatic rings. The first kappa shape index (κ1) is 9.47. The molecule has 0 aromatic heterocycles. The maximum absolute atomic E-state index is 10.9. The molecule has 0 bridgehead atoms. The van der Waals surface area contributed by atoms with E-state index in [1.165, 1.54) is 0 Å². The average molecular weight is 194 g/mol. The van der Waals surface area contributed by atoms with Gasteiger partial charge in [-0.25, -0.2) is 8.42 Å². The van der Waals surface area contributed by atoms with Gasteiger partial charge in [-0.15, -0.1) is 0 Å². The molecule has 1 rings (SSSR count). The Balaban J connectivity index is 2.64. The summed E-state index contributed by atoms with van der Waals surface area (Å²) in [7, 11) is -3.20. The Labute approximate surface area is 69.9 Å². The lowest BCUT2D eigenvalue weighted by atomic mass is 10.0. The summed E-state index contributed by atoms with van der Waals surface area (Å²) < 4.78 is 21.8. The Morgan fingerprint density at radius 3 is 2.33 bits per heavy atom. The maximum Gasteiger partial charge on any atom is 0.303 e. The summed E-state index contributed by atoms with van der Waals surface area (Å²) in [5.74, 6) is -2.21. The van der Waals surface area contributed by atoms with Crippen molar-refractivity contribution in [2.45, 2.75) is 12.5 Å². The van der Waals surface area contributed by atoms with E-state index < -0.39 is 27.8 Å². The highest BCUT2D eigenvalue weighted by molar-refractivity contribution is 7.91. The van der Waals surface area contributed by atoms with Crippen LogP contribution in [0, 0.1) is 5.92 Å². The van der Waals surface area contributed by atoms with Crippen molar-refractivity contribution in [2.24, 2.45) is 5.92 Å². The number of aliphatic carboxylic acids is 1. The number of carbonyl (C=O) groups is 1. The van der Waals surface area contributed by atoms with Crippen LogP contribution in [0.2, 0.25) is 0 Å². The molecule has 0 aromatic rings. The van der Waals surface area contributed by atoms with Gasteiger partial charge in [0.1, 0.15) is 0 Å². The smallest absolute Gasteiger partial charge is 0.303 e. The minimum absolute atomic E-state index is 0.208. The lowest BCUT2D eigenvalue weighted by Crippen LogP contribution is -2.20. The van der Waals surface area contributed by atoms with Gasteiger partial charge >= 0.3 is 5.97 Å². The van der Waals surface area contributed by atoms with Crippen molar-refractivity contribution >= 4 is 15.8 Å². The van der Waals surface area contributed by atoms with Gasteiger partial charge in [0.05, 0.1) is 24.0 Å². The molecule has 6 heteroatoms. The molecular formula is C6H10O5S. The average Bonchev–Trinajstić information content (AvgIpc) is 2.03. The lowest BCUT2D eigenvalue weighted by Gasteiger charge is -2.07. The SMILES string of the molecule is O=C(O)CC1CS(=O)(=O)CC1O. The third-order valence-electron chi connectivity index (χ3n) is 1.87. The fraction of sp³-hybridized carbons (Fsp3) is 0.833. The first-order valence-corrected chi connectivity index (χ1v) is 5.33. The zero-order valence-electron chi connectivity index (χ0n) is 6.30. The zero-order valence-corrected chi connectivity index (χ0v) is 7.12. The Morgan fingerprint density at radius 2 is 2.00 bits per heavy atom. The molecule has 1 aliphatic heterocycles. The van der Waals surface area contributed by atoms with Gasteiger partial charge in [-0.1, -0.05) is 0 Å². The molecule has 0 aliphatic carbocycles. The van der Waals surface area contributed by atoms with E-state index >= 15 is 0 Å². The van der Waals surface area contributed by atoms with E-state index in [1.54, 1.807) is 0 Å². The van der Waals surface area contributed by atoms with Crippen LogP contribution in [0.15, 0.2) is 0 Å². The normalized spacial score (nSPS) is 33.4. The zero-order chi connectivity index (χ0) is 9.35. The molecule has 0 saturated carbocycles. The molecule has 0 amide bonds. The summed E-state index contributed by atoms with van der Waals surface area (Å²) in [4.78, 5) is 10.2. The van der Waals surface area contributed by atoms with Gasteiger partial charge in [-0.3, -0.25) is 4.79 Å². The van der Waals surface area contributed by atoms with Crippen LogP contribution < -0.4 is 0 Å². The second-order valence-electron chi connectivity index (χ2n) is 3.00. The largest absolute Gasteiger partial charge is 0.481 e. The molecule has 12 heavy (non-hydrogen) atoms. The van der Waals surface area contributed by atoms with E-state index in [9.17, 15) is 13.2 Å². The van der Waals surface area contributed by atoms with Crippen LogP contribution in [-0.4, -0.2) is 42.2 Å². The topological polar surface area (TPSA) is 91.7 Å². The summed E-state index contributed by atoms with van der Waals surface area (Å²) in [6.45, 7) is 0. The number of hydrogen-bond acceptors (Lipinski definition) is 4. The maximum atomic E-state index is 10.9. The molecule has 1 heterocycles. The summed E-state index contributed by atoms with van der Waals surface area (Å²) >= 11 is 0. The van der Waals surface area contributed by atoms with Gasteiger partial charge < -0.3 is 10.2 Å². The van der Waals surface area contributed by atoms with Crippen molar-refractivity contribution in [2.75, 3.05) is 11.5 Å². The van der Waals surface area contributed by atoms with E-state index in [0.717, 1.165) is 0 Å². The van der Waals surface area contributed by atoms with E-state index in [2.05, 4.69) is 0 Å². The molecule has 1 saturated heterocycles. The highest BCUT2D eigenvalue weighted by Gasteiger charge is 2.37. The van der Waals surface area contributed by atoms with Gasteiger partial charge in [0, 0.05) is 5.92 Å². The third-order valence-corrected chi connectivity index (χ3v) is 3.66. The molecule has 1 fully saturated rings. The Bertz CT molecular complexity index is 280. The molecule has 2 N–H and O–H groups in total. The third kappa shape index (κ3) is 2.18. The molecule has 2 unspecified atom stereocenters. The number of sulfone groups is 1. The fourth-order valence-corrected chi connectivity index (χ4v) is 3.24. The summed E-state index contributed by atoms with van der Waals surface area (Å²) in [5.41, 5.74) is 0. The predicted octanol–water partition coefficient (Wildman–Crippen LogP) is -1.13. The number of carboxylic acids is 1. The van der Waals surface area contributed by atoms with E-state index in [4.69, 9.17) is 10.2 Å². The standard InChI is InChI=1S/C6H10O5S/c7-5-3-12(10,11)2-4(5)1-6(8)9/h4-5,7H,1-3H2,(H,8,9). The summed E-state index contributed by atoms with van der Waals surface area (Å²) in [5, 5.41) is 17.5. The first-order valence-electron chi connectivity index (χ1n) is 3.51. The molecule has 70 valence electrons. The molecule has 0 radical (unpaired) electrons. The van der Waals surface area contributed by atoms with Crippen LogP contribution in [0.3, 0.4) is 0 Å². The molecular weight excluding hydrogens is 184 g/mol. The van der Waals surface area contributed by atoms with Crippen molar-refractivity contribution in [3.8, 4) is 0 Å². The van der Waals surface area contributed by atoms with Crippen molar-refractivity contribution in [1.82, 2.24) is 0 Å². The second-order valence-corrected chi connectivity index (χ2v) is 5.16. The van der Waals surface area contributed by atoms with Gasteiger partial charge in [-0.2, -0.15) is 0 Å². The lowest BCUT2D eigenvalue weighted by molar-refractivity contribution is -0.138. The van der Waals surface area contributed by atoms with Gasteiger partial charge in [-0.05, 0) is 0 Å². The molecule has 5 nitrogen and oxygen atoms in total. The molecule has 2 atom stereocenters. The highest BCUT2D eigenvalue weighted by atomic mass is 32.2. The van der Waals surface area contributed by atoms with Crippen LogP contribution in [0.25, 0.3) is 0 Å². The van der Waals surface area contributed by atoms with E-state index in [0.29, 0.717) is 0 Å². The second kappa shape index (κ2) is 3.02. The Hall–Kier alpha value is -0.620. The van der Waals surface area contributed by atoms with Crippen LogP contribution in [-0.2, 0) is 14.6 Å². The number of hydrogen-bond donors (Lipinski definition) is 2. The molecule has 0 aromatic carbocycles. The van der Waals surface area contributed by atoms with Gasteiger partial charge in [0.2, 0.25) is 0 Å². The number of aliphatic hydroxyl groups excluding tert-OH is 1. The monoisotopic (exact) mass is 194 g/mol. The molecule has 0 spiro atoms. The van der Waals surface area contributed by atoms with Crippen molar-refractivity contribution in [3.63, 3.8) is 0 Å². The predicted molar refractivity (Wildman–Crippen MR) is 40.4 cm³/mol. The van der Waals surface area contributed by atoms with Crippen molar-refractivity contribution in [1.29, 1.82) is 0 Å². The van der Waals surface area contributed by atoms with E-state index in [1.807, 2.05) is 0 Å². The van der Waals surface area contributed by atoms with Crippen LogP contribution in [0.5, 0.6) is 0 Å². The van der Waals surface area contributed by atoms with Crippen molar-refractivity contribution < 1.29 is 23.4 Å². The quantitative estimate of drug-likeness (QED) is 0.580. The van der Waals surface area contributed by atoms with Gasteiger partial charge in [0.25, 0.3) is 0 Å². The summed E-state index contributed by atoms with van der Waals surface area (Å²) in [6.07, 6.45) is -1.29. The summed E-state index contributed by atoms with van der Waals surface area (Å²) in [6, 6.07) is 0. The highest BCUT2D eigenvalue weighted by Crippen LogP contribution is 2.21. The number of aliphatic hydroxyl groups is 1. The number of rotatable bonds is 2. The Kier molecular flexibility index (Phi) is 2.39. The number of carboxylic acid groups (broad SMARTS) is 1.